The van der Waals surface area contributed by atoms with Crippen molar-refractivity contribution in [2.24, 2.45) is 5.92 Å². The summed E-state index contributed by atoms with van der Waals surface area (Å²) in [7, 11) is 0. The summed E-state index contributed by atoms with van der Waals surface area (Å²) in [5.74, 6) is 1.11. The molecule has 3 aromatic carbocycles. The summed E-state index contributed by atoms with van der Waals surface area (Å²) in [5, 5.41) is 4.01. The minimum Gasteiger partial charge on any atom is -0.368 e. The lowest BCUT2D eigenvalue weighted by Crippen LogP contribution is -2.01. The van der Waals surface area contributed by atoms with E-state index >= 15 is 0 Å². The number of aryl methyl sites for hydroxylation is 1. The number of anilines is 1. The molecule has 0 radical (unpaired) electrons. The molecule has 0 spiro atoms. The van der Waals surface area contributed by atoms with Crippen LogP contribution >= 0.6 is 0 Å². The van der Waals surface area contributed by atoms with E-state index in [4.69, 9.17) is 10.3 Å². The van der Waals surface area contributed by atoms with Crippen LogP contribution in [-0.2, 0) is 19.3 Å². The number of nitrogen functional groups attached to an aromatic ring is 1. The molecular formula is C26H24N2O. The van der Waals surface area contributed by atoms with Crippen LogP contribution in [0.25, 0.3) is 22.4 Å². The number of benzene rings is 3. The molecule has 0 fully saturated rings. The lowest BCUT2D eigenvalue weighted by molar-refractivity contribution is 0.439. The second-order valence-electron chi connectivity index (χ2n) is 7.97. The van der Waals surface area contributed by atoms with Crippen LogP contribution in [0.15, 0.2) is 83.4 Å². The number of hydrogen-bond acceptors (Lipinski definition) is 3. The van der Waals surface area contributed by atoms with Gasteiger partial charge in [0.1, 0.15) is 5.69 Å². The maximum atomic E-state index is 5.65. The number of rotatable bonds is 5. The second-order valence-corrected chi connectivity index (χ2v) is 7.97. The molecule has 144 valence electrons. The van der Waals surface area contributed by atoms with Gasteiger partial charge in [0.25, 0.3) is 0 Å². The molecule has 0 saturated carbocycles. The van der Waals surface area contributed by atoms with Gasteiger partial charge in [0, 0.05) is 11.6 Å². The van der Waals surface area contributed by atoms with Crippen molar-refractivity contribution < 1.29 is 4.52 Å². The van der Waals surface area contributed by atoms with Crippen molar-refractivity contribution in [3.05, 3.63) is 95.6 Å². The van der Waals surface area contributed by atoms with Gasteiger partial charge in [0.2, 0.25) is 5.88 Å². The first kappa shape index (κ1) is 17.7. The van der Waals surface area contributed by atoms with Gasteiger partial charge in [-0.25, -0.2) is 0 Å². The van der Waals surface area contributed by atoms with Gasteiger partial charge in [0.05, 0.1) is 0 Å². The molecule has 1 aliphatic carbocycles. The number of hydrogen-bond donors (Lipinski definition) is 1. The van der Waals surface area contributed by atoms with Gasteiger partial charge in [-0.1, -0.05) is 71.9 Å². The Morgan fingerprint density at radius 1 is 0.793 bits per heavy atom. The predicted octanol–water partition coefficient (Wildman–Crippen LogP) is 5.94. The summed E-state index contributed by atoms with van der Waals surface area (Å²) >= 11 is 0. The fourth-order valence-corrected chi connectivity index (χ4v) is 4.37. The van der Waals surface area contributed by atoms with Crippen LogP contribution in [-0.4, -0.2) is 5.16 Å². The minimum absolute atomic E-state index is 0.333. The van der Waals surface area contributed by atoms with E-state index in [-0.39, 0.29) is 0 Å². The standard InChI is InChI=1S/C26H24N2O/c27-26-17-25(28-29-26)24-7-3-6-23(16-24)20-12-10-18(11-13-20)8-9-19-14-21-4-1-2-5-22(21)15-19/h1-7,10-13,16-17,19H,8-9,14-15,27H2. The molecule has 1 heterocycles. The Morgan fingerprint density at radius 3 is 2.21 bits per heavy atom. The van der Waals surface area contributed by atoms with Crippen molar-refractivity contribution in [2.75, 3.05) is 5.73 Å². The lowest BCUT2D eigenvalue weighted by Gasteiger charge is -2.10. The Hall–Kier alpha value is -3.33. The van der Waals surface area contributed by atoms with Crippen molar-refractivity contribution in [2.45, 2.75) is 25.7 Å². The Morgan fingerprint density at radius 2 is 1.52 bits per heavy atom. The molecule has 0 aliphatic heterocycles. The van der Waals surface area contributed by atoms with Crippen molar-refractivity contribution in [1.29, 1.82) is 0 Å². The highest BCUT2D eigenvalue weighted by atomic mass is 16.5. The Bertz CT molecular complexity index is 1100. The summed E-state index contributed by atoms with van der Waals surface area (Å²) in [6, 6.07) is 27.9. The fraction of sp³-hybridized carbons (Fsp3) is 0.192. The van der Waals surface area contributed by atoms with Crippen molar-refractivity contribution in [3.8, 4) is 22.4 Å². The van der Waals surface area contributed by atoms with Crippen LogP contribution in [0, 0.1) is 5.92 Å². The maximum absolute atomic E-state index is 5.65. The van der Waals surface area contributed by atoms with Crippen LogP contribution in [0.5, 0.6) is 0 Å². The molecule has 3 nitrogen and oxygen atoms in total. The number of fused-ring (bicyclic) bond motifs is 1. The molecule has 0 saturated heterocycles. The van der Waals surface area contributed by atoms with Gasteiger partial charge in [-0.05, 0) is 65.5 Å². The smallest absolute Gasteiger partial charge is 0.222 e. The first-order chi connectivity index (χ1) is 14.2. The van der Waals surface area contributed by atoms with Crippen molar-refractivity contribution >= 4 is 5.88 Å². The molecule has 0 bridgehead atoms. The molecule has 1 aromatic heterocycles. The van der Waals surface area contributed by atoms with Crippen LogP contribution < -0.4 is 5.73 Å². The summed E-state index contributed by atoms with van der Waals surface area (Å²) in [5.41, 5.74) is 14.3. The van der Waals surface area contributed by atoms with E-state index in [9.17, 15) is 0 Å². The monoisotopic (exact) mass is 380 g/mol. The van der Waals surface area contributed by atoms with Gasteiger partial charge in [-0.2, -0.15) is 0 Å². The molecule has 29 heavy (non-hydrogen) atoms. The topological polar surface area (TPSA) is 52.0 Å². The molecular weight excluding hydrogens is 356 g/mol. The van der Waals surface area contributed by atoms with Crippen LogP contribution in [0.1, 0.15) is 23.1 Å². The number of nitrogens with zero attached hydrogens (tertiary/aromatic N) is 1. The van der Waals surface area contributed by atoms with E-state index in [0.717, 1.165) is 23.6 Å². The van der Waals surface area contributed by atoms with Crippen LogP contribution in [0.2, 0.25) is 0 Å². The van der Waals surface area contributed by atoms with E-state index in [0.29, 0.717) is 5.88 Å². The van der Waals surface area contributed by atoms with Gasteiger partial charge in [-0.3, -0.25) is 0 Å². The minimum atomic E-state index is 0.333. The quantitative estimate of drug-likeness (QED) is 0.466. The molecule has 3 heteroatoms. The molecule has 4 aromatic rings. The third kappa shape index (κ3) is 3.81. The Labute approximate surface area is 171 Å². The van der Waals surface area contributed by atoms with Crippen molar-refractivity contribution in [1.82, 2.24) is 5.16 Å². The average Bonchev–Trinajstić information content (AvgIpc) is 3.38. The van der Waals surface area contributed by atoms with E-state index < -0.39 is 0 Å². The summed E-state index contributed by atoms with van der Waals surface area (Å²) < 4.78 is 5.00. The van der Waals surface area contributed by atoms with E-state index in [1.807, 2.05) is 12.1 Å². The SMILES string of the molecule is Nc1cc(-c2cccc(-c3ccc(CCC4Cc5ccccc5C4)cc3)c2)no1. The molecule has 0 unspecified atom stereocenters. The third-order valence-electron chi connectivity index (χ3n) is 5.95. The Kier molecular flexibility index (Phi) is 4.65. The highest BCUT2D eigenvalue weighted by molar-refractivity contribution is 5.72. The first-order valence-electron chi connectivity index (χ1n) is 10.2. The van der Waals surface area contributed by atoms with E-state index in [2.05, 4.69) is 65.8 Å². The predicted molar refractivity (Wildman–Crippen MR) is 117 cm³/mol. The van der Waals surface area contributed by atoms with E-state index in [1.54, 1.807) is 17.2 Å². The molecule has 1 aliphatic rings. The zero-order chi connectivity index (χ0) is 19.6. The van der Waals surface area contributed by atoms with Crippen LogP contribution in [0.4, 0.5) is 5.88 Å². The third-order valence-corrected chi connectivity index (χ3v) is 5.95. The zero-order valence-corrected chi connectivity index (χ0v) is 16.3. The second kappa shape index (κ2) is 7.59. The van der Waals surface area contributed by atoms with Gasteiger partial charge >= 0.3 is 0 Å². The normalized spacial score (nSPS) is 13.5. The Balaban J connectivity index is 1.25. The van der Waals surface area contributed by atoms with Crippen LogP contribution in [0.3, 0.4) is 0 Å². The number of aromatic nitrogens is 1. The maximum Gasteiger partial charge on any atom is 0.222 e. The fourth-order valence-electron chi connectivity index (χ4n) is 4.37. The molecule has 5 rings (SSSR count). The summed E-state index contributed by atoms with van der Waals surface area (Å²) in [4.78, 5) is 0. The molecule has 0 amide bonds. The van der Waals surface area contributed by atoms with E-state index in [1.165, 1.54) is 36.0 Å². The van der Waals surface area contributed by atoms with Gasteiger partial charge < -0.3 is 10.3 Å². The molecule has 0 atom stereocenters. The first-order valence-corrected chi connectivity index (χ1v) is 10.2. The average molecular weight is 380 g/mol. The highest BCUT2D eigenvalue weighted by Gasteiger charge is 2.20. The lowest BCUT2D eigenvalue weighted by atomic mass is 9.95. The van der Waals surface area contributed by atoms with Crippen molar-refractivity contribution in [3.63, 3.8) is 0 Å². The highest BCUT2D eigenvalue weighted by Crippen LogP contribution is 2.30. The summed E-state index contributed by atoms with van der Waals surface area (Å²) in [6.07, 6.45) is 4.84. The van der Waals surface area contributed by atoms with Gasteiger partial charge in [0.15, 0.2) is 0 Å². The number of nitrogens with two attached hydrogens (primary N) is 1. The van der Waals surface area contributed by atoms with Gasteiger partial charge in [-0.15, -0.1) is 0 Å². The largest absolute Gasteiger partial charge is 0.368 e. The zero-order valence-electron chi connectivity index (χ0n) is 16.3. The molecule has 2 N–H and O–H groups in total. The summed E-state index contributed by atoms with van der Waals surface area (Å²) in [6.45, 7) is 0.